The second-order valence-electron chi connectivity index (χ2n) is 4.27. The SMILES string of the molecule is CCOC(=O)C(=O)Nc1ccc(OC(C)C)c([CH]=[Ru][Cl])c1. The molecule has 0 aliphatic heterocycles. The number of halogens is 1. The number of hydrogen-bond donors (Lipinski definition) is 1. The Morgan fingerprint density at radius 2 is 2.14 bits per heavy atom. The molecular weight excluding hydrogens is 383 g/mol. The average Bonchev–Trinajstić information content (AvgIpc) is 2.41. The van der Waals surface area contributed by atoms with E-state index in [-0.39, 0.29) is 12.7 Å². The maximum atomic E-state index is 11.6. The number of anilines is 1. The molecule has 0 aromatic heterocycles. The molecule has 0 saturated carbocycles. The van der Waals surface area contributed by atoms with Crippen molar-refractivity contribution in [1.82, 2.24) is 0 Å². The number of benzene rings is 1. The molecule has 0 radical (unpaired) electrons. The normalized spacial score (nSPS) is 11.1. The Balaban J connectivity index is 2.92. The van der Waals surface area contributed by atoms with Crippen molar-refractivity contribution in [1.29, 1.82) is 0 Å². The third-order valence-electron chi connectivity index (χ3n) is 2.24. The summed E-state index contributed by atoms with van der Waals surface area (Å²) >= 11 is -0.438. The molecule has 0 aliphatic carbocycles. The number of carbonyl (C=O) groups is 2. The summed E-state index contributed by atoms with van der Waals surface area (Å²) in [5.74, 6) is -1.03. The Labute approximate surface area is 135 Å². The Morgan fingerprint density at radius 3 is 2.71 bits per heavy atom. The van der Waals surface area contributed by atoms with E-state index in [1.54, 1.807) is 25.1 Å². The number of nitrogens with one attached hydrogen (secondary N) is 1. The molecule has 1 rings (SSSR count). The van der Waals surface area contributed by atoms with E-state index in [0.29, 0.717) is 11.4 Å². The van der Waals surface area contributed by atoms with Crippen LogP contribution in [-0.2, 0) is 30.0 Å². The quantitative estimate of drug-likeness (QED) is 0.469. The first-order valence-electron chi connectivity index (χ1n) is 6.32. The zero-order chi connectivity index (χ0) is 15.8. The molecule has 0 fully saturated rings. The van der Waals surface area contributed by atoms with Crippen molar-refractivity contribution in [2.75, 3.05) is 11.9 Å². The molecule has 5 nitrogen and oxygen atoms in total. The first-order chi connectivity index (χ1) is 9.97. The van der Waals surface area contributed by atoms with Crippen LogP contribution in [0.25, 0.3) is 0 Å². The van der Waals surface area contributed by atoms with Crippen molar-refractivity contribution in [3.05, 3.63) is 23.8 Å². The Kier molecular flexibility index (Phi) is 7.54. The first-order valence-corrected chi connectivity index (χ1v) is 9.56. The number of hydrogen-bond acceptors (Lipinski definition) is 4. The van der Waals surface area contributed by atoms with Gasteiger partial charge in [-0.1, -0.05) is 0 Å². The summed E-state index contributed by atoms with van der Waals surface area (Å²) < 4.78 is 12.1. The molecule has 0 unspecified atom stereocenters. The van der Waals surface area contributed by atoms with Crippen LogP contribution in [0.2, 0.25) is 0 Å². The third-order valence-corrected chi connectivity index (χ3v) is 3.43. The van der Waals surface area contributed by atoms with E-state index in [9.17, 15) is 9.59 Å². The summed E-state index contributed by atoms with van der Waals surface area (Å²) in [5.41, 5.74) is 1.28. The van der Waals surface area contributed by atoms with Gasteiger partial charge < -0.3 is 0 Å². The number of carbonyl (C=O) groups excluding carboxylic acids is 2. The predicted octanol–water partition coefficient (Wildman–Crippen LogP) is 2.36. The topological polar surface area (TPSA) is 64.6 Å². The second kappa shape index (κ2) is 8.90. The molecule has 1 N–H and O–H groups in total. The summed E-state index contributed by atoms with van der Waals surface area (Å²) in [5, 5.41) is 2.48. The van der Waals surface area contributed by atoms with Crippen LogP contribution >= 0.6 is 9.69 Å². The van der Waals surface area contributed by atoms with Crippen LogP contribution in [0, 0.1) is 0 Å². The summed E-state index contributed by atoms with van der Waals surface area (Å²) in [6, 6.07) is 5.11. The summed E-state index contributed by atoms with van der Waals surface area (Å²) in [7, 11) is 5.81. The van der Waals surface area contributed by atoms with Crippen LogP contribution in [0.1, 0.15) is 26.3 Å². The summed E-state index contributed by atoms with van der Waals surface area (Å²) in [6.07, 6.45) is 0.0308. The van der Waals surface area contributed by atoms with Gasteiger partial charge in [-0.3, -0.25) is 0 Å². The Morgan fingerprint density at radius 1 is 1.43 bits per heavy atom. The van der Waals surface area contributed by atoms with Crippen LogP contribution in [0.15, 0.2) is 18.2 Å². The molecule has 7 heteroatoms. The zero-order valence-corrected chi connectivity index (χ0v) is 14.5. The van der Waals surface area contributed by atoms with E-state index in [2.05, 4.69) is 10.1 Å². The van der Waals surface area contributed by atoms with Gasteiger partial charge in [0.2, 0.25) is 0 Å². The van der Waals surface area contributed by atoms with E-state index in [4.69, 9.17) is 14.4 Å². The van der Waals surface area contributed by atoms with Crippen LogP contribution in [-0.4, -0.2) is 29.2 Å². The van der Waals surface area contributed by atoms with Gasteiger partial charge in [0.1, 0.15) is 0 Å². The van der Waals surface area contributed by atoms with Gasteiger partial charge in [0.15, 0.2) is 0 Å². The Bertz CT molecular complexity index is 546. The van der Waals surface area contributed by atoms with Gasteiger partial charge in [0, 0.05) is 0 Å². The van der Waals surface area contributed by atoms with Crippen LogP contribution in [0.5, 0.6) is 5.75 Å². The fraction of sp³-hybridized carbons (Fsp3) is 0.357. The van der Waals surface area contributed by atoms with Crippen molar-refractivity contribution in [3.8, 4) is 5.75 Å². The van der Waals surface area contributed by atoms with Crippen molar-refractivity contribution < 1.29 is 34.7 Å². The first kappa shape index (κ1) is 17.8. The zero-order valence-electron chi connectivity index (χ0n) is 12.0. The molecule has 0 saturated heterocycles. The second-order valence-corrected chi connectivity index (χ2v) is 6.07. The van der Waals surface area contributed by atoms with Crippen LogP contribution in [0.4, 0.5) is 5.69 Å². The summed E-state index contributed by atoms with van der Waals surface area (Å²) in [4.78, 5) is 22.9. The van der Waals surface area contributed by atoms with Gasteiger partial charge in [-0.05, 0) is 0 Å². The molecular formula is C14H17ClNO4Ru. The van der Waals surface area contributed by atoms with E-state index >= 15 is 0 Å². The molecule has 0 spiro atoms. The predicted molar refractivity (Wildman–Crippen MR) is 78.5 cm³/mol. The fourth-order valence-electron chi connectivity index (χ4n) is 1.49. The van der Waals surface area contributed by atoms with Gasteiger partial charge in [0.25, 0.3) is 0 Å². The van der Waals surface area contributed by atoms with Crippen molar-refractivity contribution >= 4 is 31.9 Å². The van der Waals surface area contributed by atoms with Gasteiger partial charge in [0.05, 0.1) is 0 Å². The molecule has 21 heavy (non-hydrogen) atoms. The number of ether oxygens (including phenoxy) is 2. The van der Waals surface area contributed by atoms with Gasteiger partial charge in [-0.15, -0.1) is 0 Å². The minimum absolute atomic E-state index is 0.0308. The molecule has 1 aromatic carbocycles. The van der Waals surface area contributed by atoms with Crippen LogP contribution < -0.4 is 10.1 Å². The monoisotopic (exact) mass is 400 g/mol. The molecule has 0 bridgehead atoms. The molecule has 0 heterocycles. The van der Waals surface area contributed by atoms with Crippen molar-refractivity contribution in [3.63, 3.8) is 0 Å². The van der Waals surface area contributed by atoms with Gasteiger partial charge in [-0.2, -0.15) is 0 Å². The molecule has 1 aromatic rings. The number of rotatable bonds is 5. The van der Waals surface area contributed by atoms with E-state index in [1.807, 2.05) is 18.5 Å². The van der Waals surface area contributed by atoms with Crippen molar-refractivity contribution in [2.24, 2.45) is 0 Å². The molecule has 1 amide bonds. The summed E-state index contributed by atoms with van der Waals surface area (Å²) in [6.45, 7) is 5.64. The van der Waals surface area contributed by atoms with E-state index < -0.39 is 27.6 Å². The Hall–Kier alpha value is -1.26. The van der Waals surface area contributed by atoms with Crippen LogP contribution in [0.3, 0.4) is 0 Å². The standard InChI is InChI=1S/C14H17NO4.ClH.Ru/c1-5-18-14(17)13(16)15-11-6-7-12(10(4)8-11)19-9(2)3;;/h4,6-9H,5H2,1-3H3,(H,15,16);1H;/q;;+1/p-1. The van der Waals surface area contributed by atoms with Gasteiger partial charge in [-0.25, -0.2) is 0 Å². The molecule has 0 atom stereocenters. The fourth-order valence-corrected chi connectivity index (χ4v) is 2.58. The van der Waals surface area contributed by atoms with Crippen molar-refractivity contribution in [2.45, 2.75) is 26.9 Å². The van der Waals surface area contributed by atoms with E-state index in [0.717, 1.165) is 5.56 Å². The maximum absolute atomic E-state index is 11.6. The number of amides is 1. The number of esters is 1. The molecule has 117 valence electrons. The third kappa shape index (κ3) is 5.94. The molecule has 0 aliphatic rings. The van der Waals surface area contributed by atoms with Gasteiger partial charge >= 0.3 is 135 Å². The van der Waals surface area contributed by atoms with E-state index in [1.165, 1.54) is 0 Å². The average molecular weight is 400 g/mol. The minimum atomic E-state index is -0.908.